The number of rotatable bonds is 2. The second-order valence-electron chi connectivity index (χ2n) is 3.80. The molecule has 0 saturated carbocycles. The maximum atomic E-state index is 9.19. The van der Waals surface area contributed by atoms with Gasteiger partial charge >= 0.3 is 0 Å². The summed E-state index contributed by atoms with van der Waals surface area (Å²) >= 11 is 0. The molecule has 4 heteroatoms. The molecular weight excluding hydrogens is 204 g/mol. The number of hydrazone groups is 1. The Morgan fingerprint density at radius 3 is 2.50 bits per heavy atom. The molecule has 0 aliphatic carbocycles. The summed E-state index contributed by atoms with van der Waals surface area (Å²) in [6.07, 6.45) is 0. The average molecular weight is 220 g/mol. The van der Waals surface area contributed by atoms with E-state index in [9.17, 15) is 5.11 Å². The molecule has 0 atom stereocenters. The summed E-state index contributed by atoms with van der Waals surface area (Å²) in [6.45, 7) is 5.14. The Balaban J connectivity index is 2.07. The Morgan fingerprint density at radius 2 is 1.88 bits per heavy atom. The van der Waals surface area contributed by atoms with Gasteiger partial charge in [0.05, 0.1) is 32.0 Å². The van der Waals surface area contributed by atoms with Gasteiger partial charge in [-0.05, 0) is 36.8 Å². The first kappa shape index (κ1) is 11.0. The Hall–Kier alpha value is -1.55. The van der Waals surface area contributed by atoms with Crippen molar-refractivity contribution in [3.8, 4) is 5.75 Å². The summed E-state index contributed by atoms with van der Waals surface area (Å²) in [5, 5.41) is 15.7. The molecular formula is C12H16N2O2. The molecule has 4 nitrogen and oxygen atoms in total. The first-order chi connectivity index (χ1) is 7.75. The molecule has 1 saturated heterocycles. The largest absolute Gasteiger partial charge is 0.508 e. The van der Waals surface area contributed by atoms with Gasteiger partial charge in [0, 0.05) is 0 Å². The third kappa shape index (κ3) is 2.73. The number of phenolic OH excluding ortho intramolecular Hbond substituents is 1. The van der Waals surface area contributed by atoms with E-state index in [1.54, 1.807) is 12.1 Å². The molecule has 1 aliphatic heterocycles. The van der Waals surface area contributed by atoms with Gasteiger partial charge in [-0.15, -0.1) is 0 Å². The molecule has 1 fully saturated rings. The summed E-state index contributed by atoms with van der Waals surface area (Å²) in [4.78, 5) is 0. The first-order valence-electron chi connectivity index (χ1n) is 5.43. The van der Waals surface area contributed by atoms with Crippen LogP contribution in [0.1, 0.15) is 12.5 Å². The lowest BCUT2D eigenvalue weighted by Gasteiger charge is -2.24. The normalized spacial score (nSPS) is 17.6. The maximum Gasteiger partial charge on any atom is 0.115 e. The van der Waals surface area contributed by atoms with Crippen molar-refractivity contribution in [1.82, 2.24) is 5.01 Å². The van der Waals surface area contributed by atoms with Crippen LogP contribution in [-0.2, 0) is 4.74 Å². The Morgan fingerprint density at radius 1 is 1.25 bits per heavy atom. The number of ether oxygens (including phenoxy) is 1. The quantitative estimate of drug-likeness (QED) is 0.767. The smallest absolute Gasteiger partial charge is 0.115 e. The van der Waals surface area contributed by atoms with E-state index in [1.165, 1.54) is 0 Å². The third-order valence-corrected chi connectivity index (χ3v) is 2.56. The lowest BCUT2D eigenvalue weighted by molar-refractivity contribution is 0.0393. The number of benzene rings is 1. The summed E-state index contributed by atoms with van der Waals surface area (Å²) in [5.41, 5.74) is 1.99. The summed E-state index contributed by atoms with van der Waals surface area (Å²) in [5.74, 6) is 0.280. The second kappa shape index (κ2) is 4.99. The Kier molecular flexibility index (Phi) is 3.41. The predicted octanol–water partition coefficient (Wildman–Crippen LogP) is 1.45. The van der Waals surface area contributed by atoms with Crippen molar-refractivity contribution in [1.29, 1.82) is 0 Å². The van der Waals surface area contributed by atoms with Gasteiger partial charge in [0.2, 0.25) is 0 Å². The molecule has 1 aromatic carbocycles. The number of aromatic hydroxyl groups is 1. The highest BCUT2D eigenvalue weighted by Gasteiger charge is 2.08. The van der Waals surface area contributed by atoms with Crippen LogP contribution in [0.5, 0.6) is 5.75 Å². The van der Waals surface area contributed by atoms with E-state index in [4.69, 9.17) is 4.74 Å². The van der Waals surface area contributed by atoms with Gasteiger partial charge in [-0.1, -0.05) is 0 Å². The highest BCUT2D eigenvalue weighted by Crippen LogP contribution is 2.11. The van der Waals surface area contributed by atoms with E-state index >= 15 is 0 Å². The maximum absolute atomic E-state index is 9.19. The van der Waals surface area contributed by atoms with Crippen molar-refractivity contribution < 1.29 is 9.84 Å². The van der Waals surface area contributed by atoms with Crippen molar-refractivity contribution in [3.63, 3.8) is 0 Å². The highest BCUT2D eigenvalue weighted by atomic mass is 16.5. The van der Waals surface area contributed by atoms with Crippen LogP contribution in [0.4, 0.5) is 0 Å². The molecule has 1 aliphatic rings. The molecule has 16 heavy (non-hydrogen) atoms. The Bertz CT molecular complexity index is 367. The van der Waals surface area contributed by atoms with Gasteiger partial charge in [0.25, 0.3) is 0 Å². The molecule has 0 bridgehead atoms. The van der Waals surface area contributed by atoms with Gasteiger partial charge in [0.15, 0.2) is 0 Å². The van der Waals surface area contributed by atoms with Crippen LogP contribution >= 0.6 is 0 Å². The molecule has 0 aromatic heterocycles. The first-order valence-corrected chi connectivity index (χ1v) is 5.43. The molecule has 0 unspecified atom stereocenters. The van der Waals surface area contributed by atoms with E-state index in [-0.39, 0.29) is 5.75 Å². The van der Waals surface area contributed by atoms with Gasteiger partial charge in [-0.2, -0.15) is 5.10 Å². The number of morpholine rings is 1. The molecule has 1 heterocycles. The van der Waals surface area contributed by atoms with E-state index in [1.807, 2.05) is 24.1 Å². The van der Waals surface area contributed by atoms with Crippen LogP contribution in [0.2, 0.25) is 0 Å². The second-order valence-corrected chi connectivity index (χ2v) is 3.80. The van der Waals surface area contributed by atoms with Crippen molar-refractivity contribution in [2.75, 3.05) is 26.3 Å². The zero-order valence-corrected chi connectivity index (χ0v) is 9.39. The van der Waals surface area contributed by atoms with E-state index in [0.29, 0.717) is 0 Å². The average Bonchev–Trinajstić information content (AvgIpc) is 2.31. The van der Waals surface area contributed by atoms with Crippen LogP contribution in [0.3, 0.4) is 0 Å². The number of nitrogens with zero attached hydrogens (tertiary/aromatic N) is 2. The van der Waals surface area contributed by atoms with Gasteiger partial charge in [-0.3, -0.25) is 5.01 Å². The fourth-order valence-corrected chi connectivity index (χ4v) is 1.63. The van der Waals surface area contributed by atoms with Crippen LogP contribution in [-0.4, -0.2) is 42.1 Å². The molecule has 0 amide bonds. The lowest BCUT2D eigenvalue weighted by Crippen LogP contribution is -2.33. The molecule has 1 aromatic rings. The van der Waals surface area contributed by atoms with Crippen LogP contribution in [0.25, 0.3) is 0 Å². The Labute approximate surface area is 95.1 Å². The van der Waals surface area contributed by atoms with Crippen molar-refractivity contribution in [3.05, 3.63) is 29.8 Å². The van der Waals surface area contributed by atoms with Crippen molar-refractivity contribution in [2.45, 2.75) is 6.92 Å². The fraction of sp³-hybridized carbons (Fsp3) is 0.417. The van der Waals surface area contributed by atoms with Crippen LogP contribution < -0.4 is 0 Å². The topological polar surface area (TPSA) is 45.1 Å². The number of hydrogen-bond acceptors (Lipinski definition) is 4. The van der Waals surface area contributed by atoms with E-state index < -0.39 is 0 Å². The SMILES string of the molecule is C/C(=N\N1CCOCC1)c1ccc(O)cc1. The molecule has 2 rings (SSSR count). The minimum absolute atomic E-state index is 0.280. The third-order valence-electron chi connectivity index (χ3n) is 2.56. The zero-order valence-electron chi connectivity index (χ0n) is 9.39. The van der Waals surface area contributed by atoms with Crippen molar-refractivity contribution in [2.24, 2.45) is 5.10 Å². The number of hydrogen-bond donors (Lipinski definition) is 1. The monoisotopic (exact) mass is 220 g/mol. The van der Waals surface area contributed by atoms with E-state index in [2.05, 4.69) is 5.10 Å². The van der Waals surface area contributed by atoms with Crippen LogP contribution in [0.15, 0.2) is 29.4 Å². The summed E-state index contributed by atoms with van der Waals surface area (Å²) < 4.78 is 5.26. The van der Waals surface area contributed by atoms with Gasteiger partial charge in [0.1, 0.15) is 5.75 Å². The lowest BCUT2D eigenvalue weighted by atomic mass is 10.1. The number of phenols is 1. The molecule has 0 spiro atoms. The minimum atomic E-state index is 0.280. The molecule has 1 N–H and O–H groups in total. The van der Waals surface area contributed by atoms with Gasteiger partial charge in [-0.25, -0.2) is 0 Å². The molecule has 0 radical (unpaired) electrons. The standard InChI is InChI=1S/C12H16N2O2/c1-10(11-2-4-12(15)5-3-11)13-14-6-8-16-9-7-14/h2-5,15H,6-9H2,1H3/b13-10+. The van der Waals surface area contributed by atoms with Crippen LogP contribution in [0, 0.1) is 0 Å². The summed E-state index contributed by atoms with van der Waals surface area (Å²) in [7, 11) is 0. The highest BCUT2D eigenvalue weighted by molar-refractivity contribution is 5.98. The molecule has 86 valence electrons. The fourth-order valence-electron chi connectivity index (χ4n) is 1.63. The predicted molar refractivity (Wildman–Crippen MR) is 62.7 cm³/mol. The van der Waals surface area contributed by atoms with E-state index in [0.717, 1.165) is 37.6 Å². The summed E-state index contributed by atoms with van der Waals surface area (Å²) in [6, 6.07) is 7.09. The minimum Gasteiger partial charge on any atom is -0.508 e. The zero-order chi connectivity index (χ0) is 11.4. The van der Waals surface area contributed by atoms with Crippen molar-refractivity contribution >= 4 is 5.71 Å². The van der Waals surface area contributed by atoms with Gasteiger partial charge < -0.3 is 9.84 Å².